The van der Waals surface area contributed by atoms with Gasteiger partial charge in [-0.3, -0.25) is 14.6 Å². The monoisotopic (exact) mass is 569 g/mol. The topological polar surface area (TPSA) is 122 Å². The summed E-state index contributed by atoms with van der Waals surface area (Å²) in [7, 11) is 1.74. The van der Waals surface area contributed by atoms with Crippen molar-refractivity contribution in [1.29, 1.82) is 0 Å². The molecule has 0 aliphatic carbocycles. The van der Waals surface area contributed by atoms with E-state index >= 15 is 0 Å². The van der Waals surface area contributed by atoms with Gasteiger partial charge >= 0.3 is 12.2 Å². The Morgan fingerprint density at radius 3 is 2.41 bits per heavy atom. The van der Waals surface area contributed by atoms with Crippen molar-refractivity contribution in [3.05, 3.63) is 30.0 Å². The number of pyridine rings is 1. The van der Waals surface area contributed by atoms with Crippen LogP contribution in [0.4, 0.5) is 27.0 Å². The zero-order chi connectivity index (χ0) is 30.1. The van der Waals surface area contributed by atoms with Crippen molar-refractivity contribution in [3.8, 4) is 0 Å². The first kappa shape index (κ1) is 30.1. The molecular weight excluding hydrogens is 526 g/mol. The lowest BCUT2D eigenvalue weighted by Crippen LogP contribution is -2.48. The summed E-state index contributed by atoms with van der Waals surface area (Å²) >= 11 is 0. The summed E-state index contributed by atoms with van der Waals surface area (Å²) in [6.07, 6.45) is 2.22. The smallest absolute Gasteiger partial charge is 0.416 e. The van der Waals surface area contributed by atoms with Crippen LogP contribution in [0.3, 0.4) is 0 Å². The number of carbonyl (C=O) groups excluding carboxylic acids is 3. The maximum Gasteiger partial charge on any atom is 0.416 e. The lowest BCUT2D eigenvalue weighted by atomic mass is 10.1. The van der Waals surface area contributed by atoms with Gasteiger partial charge in [-0.2, -0.15) is 5.10 Å². The highest BCUT2D eigenvalue weighted by atomic mass is 16.6. The van der Waals surface area contributed by atoms with E-state index in [9.17, 15) is 14.4 Å². The van der Waals surface area contributed by atoms with Crippen LogP contribution in [0, 0.1) is 0 Å². The van der Waals surface area contributed by atoms with Gasteiger partial charge in [-0.25, -0.2) is 19.3 Å². The van der Waals surface area contributed by atoms with Gasteiger partial charge in [-0.15, -0.1) is 0 Å². The van der Waals surface area contributed by atoms with E-state index in [0.29, 0.717) is 37.6 Å². The Kier molecular flexibility index (Phi) is 8.51. The van der Waals surface area contributed by atoms with Crippen molar-refractivity contribution >= 4 is 35.5 Å². The van der Waals surface area contributed by atoms with Crippen molar-refractivity contribution in [2.45, 2.75) is 97.6 Å². The molecule has 4 heterocycles. The predicted octanol–water partition coefficient (Wildman–Crippen LogP) is 4.57. The molecule has 4 bridgehead atoms. The zero-order valence-electron chi connectivity index (χ0n) is 25.4. The van der Waals surface area contributed by atoms with Crippen molar-refractivity contribution in [2.75, 3.05) is 30.4 Å². The second-order valence-corrected chi connectivity index (χ2v) is 12.6. The van der Waals surface area contributed by atoms with Gasteiger partial charge in [0.05, 0.1) is 12.2 Å². The molecule has 2 atom stereocenters. The van der Waals surface area contributed by atoms with Crippen LogP contribution in [-0.4, -0.2) is 86.1 Å². The van der Waals surface area contributed by atoms with E-state index in [4.69, 9.17) is 14.5 Å². The lowest BCUT2D eigenvalue weighted by molar-refractivity contribution is -0.134. The number of rotatable bonds is 1. The van der Waals surface area contributed by atoms with E-state index in [-0.39, 0.29) is 18.9 Å². The van der Waals surface area contributed by atoms with Crippen LogP contribution in [0.1, 0.15) is 66.9 Å². The first-order valence-corrected chi connectivity index (χ1v) is 14.2. The number of fused-ring (bicyclic) bond motifs is 5. The highest BCUT2D eigenvalue weighted by Crippen LogP contribution is 2.32. The van der Waals surface area contributed by atoms with E-state index in [1.54, 1.807) is 59.6 Å². The van der Waals surface area contributed by atoms with Crippen LogP contribution in [-0.2, 0) is 27.2 Å². The van der Waals surface area contributed by atoms with Crippen molar-refractivity contribution < 1.29 is 23.9 Å². The SMILES string of the molecule is CCn1ncc2c1Nc1cccc(n1)N(C(=O)OC(C)(C)C)[C@H]1C[C@@H](C(=O)N(C)CCC2)N(C(=O)OC(C)(C)C)C1. The highest BCUT2D eigenvalue weighted by Gasteiger charge is 2.47. The van der Waals surface area contributed by atoms with Crippen molar-refractivity contribution in [2.24, 2.45) is 0 Å². The summed E-state index contributed by atoms with van der Waals surface area (Å²) in [5.74, 6) is 1.50. The fourth-order valence-corrected chi connectivity index (χ4v) is 5.11. The minimum absolute atomic E-state index is 0.0878. The standard InChI is InChI=1S/C29H43N7O5/c1-9-35-24-19(17-30-35)12-11-15-33(8)25(37)21-16-20(18-34(21)26(38)40-28(2,3)4)36(27(39)41-29(5,6)7)23-14-10-13-22(31-23)32-24/h10,13-14,17,20-21H,9,11-12,15-16,18H2,1-8H3,(H,31,32)/t20-,21-/m0/s1. The maximum absolute atomic E-state index is 13.8. The van der Waals surface area contributed by atoms with Gasteiger partial charge in [0.2, 0.25) is 5.91 Å². The van der Waals surface area contributed by atoms with Crippen LogP contribution >= 0.6 is 0 Å². The number of aryl methyl sites for hydroxylation is 2. The number of nitrogens with one attached hydrogen (secondary N) is 1. The summed E-state index contributed by atoms with van der Waals surface area (Å²) in [5, 5.41) is 7.91. The molecule has 2 aliphatic rings. The number of hydrogen-bond donors (Lipinski definition) is 1. The van der Waals surface area contributed by atoms with Gasteiger partial charge in [0, 0.05) is 32.2 Å². The maximum atomic E-state index is 13.8. The molecule has 2 aromatic heterocycles. The Hall–Kier alpha value is -3.83. The third kappa shape index (κ3) is 7.09. The van der Waals surface area contributed by atoms with E-state index < -0.39 is 35.5 Å². The summed E-state index contributed by atoms with van der Waals surface area (Å²) in [6, 6.07) is 3.97. The van der Waals surface area contributed by atoms with Crippen LogP contribution in [0.25, 0.3) is 0 Å². The minimum Gasteiger partial charge on any atom is -0.444 e. The molecule has 0 unspecified atom stereocenters. The molecule has 3 amide bonds. The first-order valence-electron chi connectivity index (χ1n) is 14.2. The third-order valence-corrected chi connectivity index (χ3v) is 6.91. The molecule has 1 saturated heterocycles. The molecule has 0 saturated carbocycles. The Bertz CT molecular complexity index is 1280. The number of likely N-dealkylation sites (N-methyl/N-ethyl adjacent to an activating group) is 1. The van der Waals surface area contributed by atoms with E-state index in [1.165, 1.54) is 9.80 Å². The van der Waals surface area contributed by atoms with Crippen LogP contribution in [0.15, 0.2) is 24.4 Å². The Morgan fingerprint density at radius 1 is 1.07 bits per heavy atom. The summed E-state index contributed by atoms with van der Waals surface area (Å²) in [4.78, 5) is 50.2. The average molecular weight is 570 g/mol. The minimum atomic E-state index is -0.811. The zero-order valence-corrected chi connectivity index (χ0v) is 25.4. The Morgan fingerprint density at radius 2 is 1.76 bits per heavy atom. The van der Waals surface area contributed by atoms with Gasteiger partial charge < -0.3 is 19.7 Å². The van der Waals surface area contributed by atoms with Crippen LogP contribution in [0.2, 0.25) is 0 Å². The van der Waals surface area contributed by atoms with Crippen LogP contribution in [0.5, 0.6) is 0 Å². The second kappa shape index (κ2) is 11.6. The molecule has 12 heteroatoms. The van der Waals surface area contributed by atoms with E-state index in [1.807, 2.05) is 29.9 Å². The van der Waals surface area contributed by atoms with Gasteiger partial charge in [0.15, 0.2) is 0 Å². The first-order chi connectivity index (χ1) is 19.2. The molecular formula is C29H43N7O5. The molecule has 0 aromatic carbocycles. The molecule has 224 valence electrons. The van der Waals surface area contributed by atoms with E-state index in [0.717, 1.165) is 11.4 Å². The number of anilines is 3. The normalized spacial score (nSPS) is 20.1. The molecule has 2 aliphatic heterocycles. The summed E-state index contributed by atoms with van der Waals surface area (Å²) < 4.78 is 13.3. The average Bonchev–Trinajstić information content (AvgIpc) is 3.46. The molecule has 41 heavy (non-hydrogen) atoms. The molecule has 12 nitrogen and oxygen atoms in total. The number of nitrogens with zero attached hydrogens (tertiary/aromatic N) is 6. The molecule has 0 spiro atoms. The van der Waals surface area contributed by atoms with Gasteiger partial charge in [-0.05, 0) is 79.9 Å². The fraction of sp³-hybridized carbons (Fsp3) is 0.621. The van der Waals surface area contributed by atoms with Crippen molar-refractivity contribution in [1.82, 2.24) is 24.6 Å². The highest BCUT2D eigenvalue weighted by molar-refractivity contribution is 5.90. The number of amides is 3. The number of likely N-dealkylation sites (tertiary alicyclic amines) is 1. The van der Waals surface area contributed by atoms with Gasteiger partial charge in [0.1, 0.15) is 34.7 Å². The quantitative estimate of drug-likeness (QED) is 0.530. The molecule has 1 N–H and O–H groups in total. The van der Waals surface area contributed by atoms with Gasteiger partial charge in [-0.1, -0.05) is 6.07 Å². The number of aromatic nitrogens is 3. The largest absolute Gasteiger partial charge is 0.444 e. The number of hydrogen-bond acceptors (Lipinski definition) is 8. The van der Waals surface area contributed by atoms with Gasteiger partial charge in [0.25, 0.3) is 0 Å². The second-order valence-electron chi connectivity index (χ2n) is 12.6. The summed E-state index contributed by atoms with van der Waals surface area (Å²) in [5.41, 5.74) is -0.528. The molecule has 2 aromatic rings. The molecule has 1 fully saturated rings. The number of ether oxygens (including phenoxy) is 2. The molecule has 4 rings (SSSR count). The van der Waals surface area contributed by atoms with Crippen molar-refractivity contribution in [3.63, 3.8) is 0 Å². The molecule has 0 radical (unpaired) electrons. The summed E-state index contributed by atoms with van der Waals surface area (Å²) in [6.45, 7) is 14.0. The van der Waals surface area contributed by atoms with E-state index in [2.05, 4.69) is 10.4 Å². The Balaban J connectivity index is 1.81. The van der Waals surface area contributed by atoms with Crippen LogP contribution < -0.4 is 10.2 Å². The predicted molar refractivity (Wildman–Crippen MR) is 155 cm³/mol. The third-order valence-electron chi connectivity index (χ3n) is 6.91. The Labute approximate surface area is 242 Å². The fourth-order valence-electron chi connectivity index (χ4n) is 5.11. The number of carbonyl (C=O) groups is 3. The lowest BCUT2D eigenvalue weighted by Gasteiger charge is -2.31.